The van der Waals surface area contributed by atoms with Gasteiger partial charge in [-0.2, -0.15) is 0 Å². The lowest BCUT2D eigenvalue weighted by atomic mass is 9.95. The van der Waals surface area contributed by atoms with E-state index in [4.69, 9.17) is 32.9 Å². The number of amides is 2. The number of aryl methyl sites for hydroxylation is 1. The maximum atomic E-state index is 12.6. The molecule has 0 fully saturated rings. The largest absolute Gasteiger partial charge is 0.493 e. The Hall–Kier alpha value is -2.77. The van der Waals surface area contributed by atoms with Gasteiger partial charge in [0.05, 0.1) is 28.2 Å². The highest BCUT2D eigenvalue weighted by atomic mass is 35.5. The van der Waals surface area contributed by atoms with E-state index < -0.39 is 5.41 Å². The zero-order valence-corrected chi connectivity index (χ0v) is 22.5. The highest BCUT2D eigenvalue weighted by Gasteiger charge is 2.22. The van der Waals surface area contributed by atoms with Gasteiger partial charge in [-0.15, -0.1) is 0 Å². The van der Waals surface area contributed by atoms with E-state index in [0.717, 1.165) is 22.5 Å². The Labute approximate surface area is 216 Å². The summed E-state index contributed by atoms with van der Waals surface area (Å²) in [7, 11) is 1.90. The fraction of sp³-hybridized carbons (Fsp3) is 0.423. The normalized spacial score (nSPS) is 11.5. The molecule has 0 unspecified atom stereocenters. The number of carbonyl (C=O) groups is 2. The molecule has 0 aliphatic heterocycles. The molecular formula is C26H32Cl2N4O3. The van der Waals surface area contributed by atoms with Crippen molar-refractivity contribution in [2.75, 3.05) is 13.2 Å². The van der Waals surface area contributed by atoms with Crippen molar-refractivity contribution in [3.63, 3.8) is 0 Å². The van der Waals surface area contributed by atoms with Gasteiger partial charge in [-0.1, -0.05) is 50.0 Å². The molecule has 2 N–H and O–H groups in total. The predicted molar refractivity (Wildman–Crippen MR) is 140 cm³/mol. The van der Waals surface area contributed by atoms with E-state index in [1.54, 1.807) is 12.1 Å². The van der Waals surface area contributed by atoms with Crippen molar-refractivity contribution in [2.45, 2.75) is 47.6 Å². The Morgan fingerprint density at radius 1 is 1.11 bits per heavy atom. The van der Waals surface area contributed by atoms with E-state index in [0.29, 0.717) is 53.0 Å². The number of halogens is 2. The van der Waals surface area contributed by atoms with E-state index in [2.05, 4.69) is 10.6 Å². The van der Waals surface area contributed by atoms with E-state index in [9.17, 15) is 9.59 Å². The van der Waals surface area contributed by atoms with E-state index in [-0.39, 0.29) is 11.8 Å². The second-order valence-electron chi connectivity index (χ2n) is 9.33. The number of rotatable bonds is 8. The predicted octanol–water partition coefficient (Wildman–Crippen LogP) is 5.28. The van der Waals surface area contributed by atoms with Crippen molar-refractivity contribution in [3.8, 4) is 5.75 Å². The number of benzene rings is 2. The second-order valence-corrected chi connectivity index (χ2v) is 10.1. The molecule has 0 aliphatic rings. The molecule has 0 spiro atoms. The van der Waals surface area contributed by atoms with Crippen LogP contribution in [0.2, 0.25) is 10.0 Å². The third-order valence-electron chi connectivity index (χ3n) is 5.68. The van der Waals surface area contributed by atoms with Gasteiger partial charge in [0, 0.05) is 43.1 Å². The number of hydrogen-bond acceptors (Lipinski definition) is 4. The summed E-state index contributed by atoms with van der Waals surface area (Å²) in [5, 5.41) is 6.76. The topological polar surface area (TPSA) is 85.3 Å². The van der Waals surface area contributed by atoms with Gasteiger partial charge in [0.1, 0.15) is 11.6 Å². The first-order chi connectivity index (χ1) is 16.5. The standard InChI is InChI=1S/C26H32Cl2N4O3/c1-7-29-24(33)17-11-19-20(13-21(17)35-8-2)32(6)22(31-19)12-16-18(27)10-9-15(23(16)28)14-30-25(34)26(3,4)5/h9-11,13H,7-8,12,14H2,1-6H3,(H,29,33)(H,30,34). The number of hydrogen-bond donors (Lipinski definition) is 2. The molecule has 9 heteroatoms. The van der Waals surface area contributed by atoms with Gasteiger partial charge in [-0.25, -0.2) is 4.98 Å². The SMILES string of the molecule is CCNC(=O)c1cc2nc(Cc3c(Cl)ccc(CNC(=O)C(C)(C)C)c3Cl)n(C)c2cc1OCC. The maximum Gasteiger partial charge on any atom is 0.255 e. The molecule has 0 atom stereocenters. The fourth-order valence-corrected chi connectivity index (χ4v) is 4.25. The number of ether oxygens (including phenoxy) is 1. The van der Waals surface area contributed by atoms with E-state index >= 15 is 0 Å². The molecule has 0 saturated heterocycles. The Morgan fingerprint density at radius 3 is 2.46 bits per heavy atom. The van der Waals surface area contributed by atoms with Crippen molar-refractivity contribution in [1.82, 2.24) is 20.2 Å². The van der Waals surface area contributed by atoms with Crippen LogP contribution in [0, 0.1) is 5.41 Å². The Balaban J connectivity index is 1.97. The Morgan fingerprint density at radius 2 is 1.83 bits per heavy atom. The van der Waals surface area contributed by atoms with Crippen LogP contribution in [0.1, 0.15) is 61.9 Å². The molecular weight excluding hydrogens is 487 g/mol. The minimum atomic E-state index is -0.498. The van der Waals surface area contributed by atoms with Gasteiger partial charge in [0.2, 0.25) is 5.91 Å². The number of fused-ring (bicyclic) bond motifs is 1. The van der Waals surface area contributed by atoms with Crippen LogP contribution in [0.25, 0.3) is 11.0 Å². The average molecular weight is 519 g/mol. The van der Waals surface area contributed by atoms with Gasteiger partial charge in [0.15, 0.2) is 0 Å². The first-order valence-electron chi connectivity index (χ1n) is 11.6. The lowest BCUT2D eigenvalue weighted by Crippen LogP contribution is -2.34. The summed E-state index contributed by atoms with van der Waals surface area (Å²) in [4.78, 5) is 29.6. The van der Waals surface area contributed by atoms with Crippen LogP contribution in [-0.4, -0.2) is 34.5 Å². The second kappa shape index (κ2) is 10.9. The molecule has 35 heavy (non-hydrogen) atoms. The Bertz CT molecular complexity index is 1260. The van der Waals surface area contributed by atoms with Crippen LogP contribution >= 0.6 is 23.2 Å². The van der Waals surface area contributed by atoms with E-state index in [1.807, 2.05) is 58.4 Å². The minimum Gasteiger partial charge on any atom is -0.493 e. The summed E-state index contributed by atoms with van der Waals surface area (Å²) >= 11 is 13.3. The molecule has 0 aliphatic carbocycles. The molecule has 7 nitrogen and oxygen atoms in total. The highest BCUT2D eigenvalue weighted by molar-refractivity contribution is 6.36. The first kappa shape index (κ1) is 26.8. The van der Waals surface area contributed by atoms with Gasteiger partial charge >= 0.3 is 0 Å². The van der Waals surface area contributed by atoms with Crippen molar-refractivity contribution in [3.05, 3.63) is 56.8 Å². The molecule has 3 aromatic rings. The summed E-state index contributed by atoms with van der Waals surface area (Å²) in [5.74, 6) is 0.970. The van der Waals surface area contributed by atoms with Crippen LogP contribution in [0.5, 0.6) is 5.75 Å². The summed E-state index contributed by atoms with van der Waals surface area (Å²) in [6, 6.07) is 7.18. The van der Waals surface area contributed by atoms with E-state index in [1.165, 1.54) is 0 Å². The molecule has 0 saturated carbocycles. The maximum absolute atomic E-state index is 12.6. The van der Waals surface area contributed by atoms with Crippen LogP contribution < -0.4 is 15.4 Å². The van der Waals surface area contributed by atoms with Crippen LogP contribution in [-0.2, 0) is 24.8 Å². The van der Waals surface area contributed by atoms with Crippen molar-refractivity contribution >= 4 is 46.0 Å². The first-order valence-corrected chi connectivity index (χ1v) is 12.4. The average Bonchev–Trinajstić information content (AvgIpc) is 3.09. The molecule has 2 aromatic carbocycles. The van der Waals surface area contributed by atoms with Crippen LogP contribution in [0.4, 0.5) is 0 Å². The molecule has 1 heterocycles. The minimum absolute atomic E-state index is 0.0616. The number of nitrogens with one attached hydrogen (secondary N) is 2. The van der Waals surface area contributed by atoms with Crippen LogP contribution in [0.3, 0.4) is 0 Å². The van der Waals surface area contributed by atoms with Gasteiger partial charge in [0.25, 0.3) is 5.91 Å². The monoisotopic (exact) mass is 518 g/mol. The fourth-order valence-electron chi connectivity index (χ4n) is 3.68. The lowest BCUT2D eigenvalue weighted by Gasteiger charge is -2.18. The van der Waals surface area contributed by atoms with Crippen LogP contribution in [0.15, 0.2) is 24.3 Å². The smallest absolute Gasteiger partial charge is 0.255 e. The zero-order valence-electron chi connectivity index (χ0n) is 21.0. The molecule has 0 bridgehead atoms. The molecule has 188 valence electrons. The summed E-state index contributed by atoms with van der Waals surface area (Å²) in [6.07, 6.45) is 0.379. The molecule has 3 rings (SSSR count). The van der Waals surface area contributed by atoms with Gasteiger partial charge in [-0.05, 0) is 37.1 Å². The number of nitrogens with zero attached hydrogens (tertiary/aromatic N) is 2. The molecule has 1 aromatic heterocycles. The third-order valence-corrected chi connectivity index (χ3v) is 6.50. The Kier molecular flexibility index (Phi) is 8.34. The summed E-state index contributed by atoms with van der Waals surface area (Å²) < 4.78 is 7.68. The summed E-state index contributed by atoms with van der Waals surface area (Å²) in [6.45, 7) is 10.6. The molecule has 0 radical (unpaired) electrons. The van der Waals surface area contributed by atoms with Gasteiger partial charge in [-0.3, -0.25) is 9.59 Å². The number of aromatic nitrogens is 2. The lowest BCUT2D eigenvalue weighted by molar-refractivity contribution is -0.128. The highest BCUT2D eigenvalue weighted by Crippen LogP contribution is 2.32. The quantitative estimate of drug-likeness (QED) is 0.424. The number of carbonyl (C=O) groups excluding carboxylic acids is 2. The van der Waals surface area contributed by atoms with Gasteiger partial charge < -0.3 is 19.9 Å². The van der Waals surface area contributed by atoms with Crippen molar-refractivity contribution < 1.29 is 14.3 Å². The third kappa shape index (κ3) is 5.90. The van der Waals surface area contributed by atoms with Crippen molar-refractivity contribution in [1.29, 1.82) is 0 Å². The number of imidazole rings is 1. The zero-order chi connectivity index (χ0) is 25.9. The summed E-state index contributed by atoms with van der Waals surface area (Å²) in [5.41, 5.74) is 2.95. The molecule has 2 amide bonds. The van der Waals surface area contributed by atoms with Crippen molar-refractivity contribution in [2.24, 2.45) is 12.5 Å².